The van der Waals surface area contributed by atoms with Crippen molar-refractivity contribution >= 4 is 5.91 Å². The van der Waals surface area contributed by atoms with Crippen LogP contribution in [0.25, 0.3) is 0 Å². The van der Waals surface area contributed by atoms with E-state index in [0.717, 1.165) is 13.0 Å². The number of nitrogens with one attached hydrogen (secondary N) is 2. The molecule has 0 aliphatic heterocycles. The maximum atomic E-state index is 11.5. The Morgan fingerprint density at radius 3 is 2.56 bits per heavy atom. The summed E-state index contributed by atoms with van der Waals surface area (Å²) in [7, 11) is 0. The van der Waals surface area contributed by atoms with Gasteiger partial charge >= 0.3 is 0 Å². The Kier molecular flexibility index (Phi) is 5.26. The molecule has 1 fully saturated rings. The fraction of sp³-hybridized carbons (Fsp3) is 0.923. The van der Waals surface area contributed by atoms with Gasteiger partial charge in [-0.3, -0.25) is 4.79 Å². The molecule has 1 aliphatic carbocycles. The van der Waals surface area contributed by atoms with Crippen LogP contribution in [0, 0.1) is 5.41 Å². The molecule has 94 valence electrons. The molecule has 0 radical (unpaired) electrons. The molecule has 1 atom stereocenters. The summed E-state index contributed by atoms with van der Waals surface area (Å²) < 4.78 is 0. The Morgan fingerprint density at radius 2 is 2.00 bits per heavy atom. The molecule has 1 unspecified atom stereocenters. The summed E-state index contributed by atoms with van der Waals surface area (Å²) in [4.78, 5) is 11.5. The van der Waals surface area contributed by atoms with Crippen molar-refractivity contribution in [1.82, 2.24) is 10.6 Å². The zero-order chi connectivity index (χ0) is 12.0. The van der Waals surface area contributed by atoms with Gasteiger partial charge < -0.3 is 10.6 Å². The molecule has 3 nitrogen and oxygen atoms in total. The quantitative estimate of drug-likeness (QED) is 0.728. The van der Waals surface area contributed by atoms with Crippen LogP contribution in [0.4, 0.5) is 0 Å². The number of hydrogen-bond acceptors (Lipinski definition) is 2. The zero-order valence-corrected chi connectivity index (χ0v) is 10.9. The molecule has 0 aromatic carbocycles. The molecule has 1 aliphatic rings. The second-order valence-electron chi connectivity index (χ2n) is 5.50. The minimum absolute atomic E-state index is 0.121. The minimum atomic E-state index is 0.121. The highest BCUT2D eigenvalue weighted by molar-refractivity contribution is 5.78. The lowest BCUT2D eigenvalue weighted by atomic mass is 9.89. The van der Waals surface area contributed by atoms with Crippen molar-refractivity contribution in [3.63, 3.8) is 0 Å². The van der Waals surface area contributed by atoms with Crippen LogP contribution < -0.4 is 10.6 Å². The van der Waals surface area contributed by atoms with Crippen molar-refractivity contribution in [3.05, 3.63) is 0 Å². The van der Waals surface area contributed by atoms with Crippen LogP contribution in [0.2, 0.25) is 0 Å². The minimum Gasteiger partial charge on any atom is -0.353 e. The molecule has 1 saturated carbocycles. The Bertz CT molecular complexity index is 222. The predicted octanol–water partition coefficient (Wildman–Crippen LogP) is 2.07. The van der Waals surface area contributed by atoms with Crippen LogP contribution >= 0.6 is 0 Å². The number of carbonyl (C=O) groups excluding carboxylic acids is 1. The standard InChI is InChI=1S/C13H26N2O/c1-4-11(2)15-12(16)9-14-10-13(3)7-5-6-8-13/h11,14H,4-10H2,1-3H3,(H,15,16). The fourth-order valence-corrected chi connectivity index (χ4v) is 2.31. The Balaban J connectivity index is 2.12. The average Bonchev–Trinajstić information content (AvgIpc) is 2.65. The molecule has 16 heavy (non-hydrogen) atoms. The third-order valence-electron chi connectivity index (χ3n) is 3.67. The first kappa shape index (κ1) is 13.5. The topological polar surface area (TPSA) is 41.1 Å². The second-order valence-corrected chi connectivity index (χ2v) is 5.50. The van der Waals surface area contributed by atoms with E-state index in [0.29, 0.717) is 12.0 Å². The smallest absolute Gasteiger partial charge is 0.234 e. The summed E-state index contributed by atoms with van der Waals surface area (Å²) >= 11 is 0. The molecule has 1 rings (SSSR count). The van der Waals surface area contributed by atoms with Gasteiger partial charge in [-0.1, -0.05) is 26.7 Å². The van der Waals surface area contributed by atoms with Crippen LogP contribution in [0.3, 0.4) is 0 Å². The molecule has 0 saturated heterocycles. The molecule has 0 aromatic heterocycles. The van der Waals surface area contributed by atoms with Gasteiger partial charge in [0.2, 0.25) is 5.91 Å². The summed E-state index contributed by atoms with van der Waals surface area (Å²) in [6, 6.07) is 0.288. The Hall–Kier alpha value is -0.570. The largest absolute Gasteiger partial charge is 0.353 e. The monoisotopic (exact) mass is 226 g/mol. The van der Waals surface area contributed by atoms with Gasteiger partial charge in [0.1, 0.15) is 0 Å². The van der Waals surface area contributed by atoms with E-state index in [1.54, 1.807) is 0 Å². The van der Waals surface area contributed by atoms with E-state index in [-0.39, 0.29) is 11.9 Å². The van der Waals surface area contributed by atoms with E-state index in [1.165, 1.54) is 25.7 Å². The van der Waals surface area contributed by atoms with Crippen molar-refractivity contribution in [2.75, 3.05) is 13.1 Å². The van der Waals surface area contributed by atoms with Gasteiger partial charge in [-0.25, -0.2) is 0 Å². The number of hydrogen-bond donors (Lipinski definition) is 2. The number of carbonyl (C=O) groups is 1. The Labute approximate surface area is 99.4 Å². The van der Waals surface area contributed by atoms with Gasteiger partial charge in [-0.05, 0) is 31.6 Å². The molecule has 2 N–H and O–H groups in total. The molecule has 1 amide bonds. The highest BCUT2D eigenvalue weighted by Gasteiger charge is 2.28. The Morgan fingerprint density at radius 1 is 1.38 bits per heavy atom. The van der Waals surface area contributed by atoms with Crippen molar-refractivity contribution in [2.24, 2.45) is 5.41 Å². The summed E-state index contributed by atoms with van der Waals surface area (Å²) in [5.41, 5.74) is 0.427. The van der Waals surface area contributed by atoms with Crippen LogP contribution in [-0.4, -0.2) is 25.0 Å². The highest BCUT2D eigenvalue weighted by atomic mass is 16.1. The van der Waals surface area contributed by atoms with E-state index in [9.17, 15) is 4.79 Å². The lowest BCUT2D eigenvalue weighted by Crippen LogP contribution is -2.41. The molecular weight excluding hydrogens is 200 g/mol. The van der Waals surface area contributed by atoms with E-state index >= 15 is 0 Å². The van der Waals surface area contributed by atoms with Crippen molar-refractivity contribution in [2.45, 2.75) is 58.9 Å². The number of amides is 1. The van der Waals surface area contributed by atoms with E-state index in [1.807, 2.05) is 6.92 Å². The van der Waals surface area contributed by atoms with Crippen LogP contribution in [-0.2, 0) is 4.79 Å². The normalized spacial score (nSPS) is 20.7. The van der Waals surface area contributed by atoms with Gasteiger partial charge in [-0.2, -0.15) is 0 Å². The molecule has 3 heteroatoms. The summed E-state index contributed by atoms with van der Waals surface area (Å²) in [6.07, 6.45) is 6.28. The number of rotatable bonds is 6. The predicted molar refractivity (Wildman–Crippen MR) is 67.3 cm³/mol. The van der Waals surface area contributed by atoms with Crippen molar-refractivity contribution in [3.8, 4) is 0 Å². The third kappa shape index (κ3) is 4.52. The van der Waals surface area contributed by atoms with Crippen LogP contribution in [0.5, 0.6) is 0 Å². The summed E-state index contributed by atoms with van der Waals surface area (Å²) in [6.45, 7) is 7.87. The second kappa shape index (κ2) is 6.24. The summed E-state index contributed by atoms with van der Waals surface area (Å²) in [5, 5.41) is 6.25. The first-order chi connectivity index (χ1) is 7.56. The van der Waals surface area contributed by atoms with Crippen LogP contribution in [0.1, 0.15) is 52.9 Å². The lowest BCUT2D eigenvalue weighted by Gasteiger charge is -2.23. The van der Waals surface area contributed by atoms with E-state index < -0.39 is 0 Å². The summed E-state index contributed by atoms with van der Waals surface area (Å²) in [5.74, 6) is 0.121. The molecule has 0 heterocycles. The lowest BCUT2D eigenvalue weighted by molar-refractivity contribution is -0.120. The average molecular weight is 226 g/mol. The fourth-order valence-electron chi connectivity index (χ4n) is 2.31. The zero-order valence-electron chi connectivity index (χ0n) is 10.9. The third-order valence-corrected chi connectivity index (χ3v) is 3.67. The molecular formula is C13H26N2O. The molecule has 0 spiro atoms. The van der Waals surface area contributed by atoms with Gasteiger partial charge in [-0.15, -0.1) is 0 Å². The molecule has 0 bridgehead atoms. The highest BCUT2D eigenvalue weighted by Crippen LogP contribution is 2.36. The van der Waals surface area contributed by atoms with Gasteiger partial charge in [0.25, 0.3) is 0 Å². The first-order valence-electron chi connectivity index (χ1n) is 6.56. The maximum Gasteiger partial charge on any atom is 0.234 e. The van der Waals surface area contributed by atoms with E-state index in [2.05, 4.69) is 24.5 Å². The van der Waals surface area contributed by atoms with Gasteiger partial charge in [0.15, 0.2) is 0 Å². The van der Waals surface area contributed by atoms with Crippen molar-refractivity contribution in [1.29, 1.82) is 0 Å². The molecule has 0 aromatic rings. The van der Waals surface area contributed by atoms with Crippen molar-refractivity contribution < 1.29 is 4.79 Å². The SMILES string of the molecule is CCC(C)NC(=O)CNCC1(C)CCCC1. The van der Waals surface area contributed by atoms with E-state index in [4.69, 9.17) is 0 Å². The van der Waals surface area contributed by atoms with Gasteiger partial charge in [0, 0.05) is 12.6 Å². The maximum absolute atomic E-state index is 11.5. The van der Waals surface area contributed by atoms with Gasteiger partial charge in [0.05, 0.1) is 6.54 Å². The van der Waals surface area contributed by atoms with Crippen LogP contribution in [0.15, 0.2) is 0 Å². The first-order valence-corrected chi connectivity index (χ1v) is 6.56.